The van der Waals surface area contributed by atoms with Crippen molar-refractivity contribution in [3.8, 4) is 22.9 Å². The number of alkyl halides is 3. The van der Waals surface area contributed by atoms with Crippen LogP contribution in [-0.2, 0) is 27.8 Å². The van der Waals surface area contributed by atoms with Gasteiger partial charge in [-0.05, 0) is 25.1 Å². The van der Waals surface area contributed by atoms with E-state index in [9.17, 15) is 26.4 Å². The Balaban J connectivity index is 2.09. The second-order valence-corrected chi connectivity index (χ2v) is 8.92. The Bertz CT molecular complexity index is 1250. The molecular weight excluding hydrogens is 449 g/mol. The van der Waals surface area contributed by atoms with Crippen LogP contribution in [0, 0.1) is 0 Å². The van der Waals surface area contributed by atoms with Gasteiger partial charge < -0.3 is 9.30 Å². The number of benzene rings is 1. The van der Waals surface area contributed by atoms with Crippen LogP contribution in [0.3, 0.4) is 0 Å². The summed E-state index contributed by atoms with van der Waals surface area (Å²) in [6, 6.07) is 6.83. The Morgan fingerprint density at radius 1 is 1.09 bits per heavy atom. The maximum atomic E-state index is 13.1. The van der Waals surface area contributed by atoms with Gasteiger partial charge in [0.15, 0.2) is 21.5 Å². The molecule has 12 heteroatoms. The molecule has 0 bridgehead atoms. The van der Waals surface area contributed by atoms with Crippen molar-refractivity contribution in [2.75, 3.05) is 12.4 Å². The Hall–Kier alpha value is -3.28. The lowest BCUT2D eigenvalue weighted by atomic mass is 10.1. The van der Waals surface area contributed by atoms with Crippen LogP contribution in [0.5, 0.6) is 0 Å². The van der Waals surface area contributed by atoms with Crippen molar-refractivity contribution in [3.63, 3.8) is 0 Å². The Kier molecular flexibility index (Phi) is 6.35. The molecule has 0 spiro atoms. The lowest BCUT2D eigenvalue weighted by Gasteiger charge is -2.12. The van der Waals surface area contributed by atoms with Crippen molar-refractivity contribution in [3.05, 3.63) is 47.7 Å². The number of carbonyl (C=O) groups is 1. The van der Waals surface area contributed by atoms with E-state index < -0.39 is 38.2 Å². The first-order valence-electron chi connectivity index (χ1n) is 9.47. The molecule has 2 aromatic heterocycles. The lowest BCUT2D eigenvalue weighted by Crippen LogP contribution is -2.13. The van der Waals surface area contributed by atoms with E-state index in [1.807, 2.05) is 0 Å². The molecule has 0 aliphatic heterocycles. The van der Waals surface area contributed by atoms with E-state index in [1.54, 1.807) is 19.1 Å². The summed E-state index contributed by atoms with van der Waals surface area (Å²) in [7, 11) is -2.51. The van der Waals surface area contributed by atoms with Crippen molar-refractivity contribution in [2.45, 2.75) is 24.9 Å². The number of ether oxygens (including phenoxy) is 1. The molecule has 2 heterocycles. The van der Waals surface area contributed by atoms with Crippen LogP contribution < -0.4 is 0 Å². The van der Waals surface area contributed by atoms with Gasteiger partial charge >= 0.3 is 12.1 Å². The highest BCUT2D eigenvalue weighted by atomic mass is 32.2. The van der Waals surface area contributed by atoms with Crippen molar-refractivity contribution in [2.24, 2.45) is 7.05 Å². The summed E-state index contributed by atoms with van der Waals surface area (Å²) in [5.41, 5.74) is -0.528. The van der Waals surface area contributed by atoms with Gasteiger partial charge in [-0.2, -0.15) is 13.2 Å². The molecule has 0 saturated heterocycles. The zero-order valence-electron chi connectivity index (χ0n) is 17.3. The van der Waals surface area contributed by atoms with Crippen LogP contribution in [0.15, 0.2) is 41.4 Å². The Morgan fingerprint density at radius 3 is 2.28 bits per heavy atom. The van der Waals surface area contributed by atoms with Gasteiger partial charge in [-0.1, -0.05) is 19.1 Å². The van der Waals surface area contributed by atoms with E-state index in [4.69, 9.17) is 4.74 Å². The summed E-state index contributed by atoms with van der Waals surface area (Å²) in [6.07, 6.45) is -4.19. The zero-order valence-corrected chi connectivity index (χ0v) is 18.2. The third kappa shape index (κ3) is 4.49. The van der Waals surface area contributed by atoms with Crippen LogP contribution >= 0.6 is 0 Å². The van der Waals surface area contributed by atoms with Crippen molar-refractivity contribution < 1.29 is 31.1 Å². The number of sulfone groups is 1. The van der Waals surface area contributed by atoms with Crippen molar-refractivity contribution in [1.29, 1.82) is 0 Å². The fraction of sp³-hybridized carbons (Fsp3) is 0.300. The zero-order chi connectivity index (χ0) is 23.7. The smallest absolute Gasteiger partial charge is 0.417 e. The van der Waals surface area contributed by atoms with E-state index in [2.05, 4.69) is 15.2 Å². The summed E-state index contributed by atoms with van der Waals surface area (Å²) in [6.45, 7) is 3.25. The molecule has 3 rings (SSSR count). The fourth-order valence-electron chi connectivity index (χ4n) is 2.92. The minimum atomic E-state index is -4.75. The van der Waals surface area contributed by atoms with Crippen LogP contribution in [0.2, 0.25) is 0 Å². The summed E-state index contributed by atoms with van der Waals surface area (Å²) in [4.78, 5) is 15.0. The average molecular weight is 468 g/mol. The van der Waals surface area contributed by atoms with E-state index in [-0.39, 0.29) is 18.1 Å². The molecule has 1 aromatic carbocycles. The summed E-state index contributed by atoms with van der Waals surface area (Å²) < 4.78 is 70.8. The van der Waals surface area contributed by atoms with Crippen LogP contribution in [0.4, 0.5) is 13.2 Å². The van der Waals surface area contributed by atoms with E-state index in [0.717, 1.165) is 0 Å². The lowest BCUT2D eigenvalue weighted by molar-refractivity contribution is -0.138. The molecular formula is C20H19F3N4O4S. The fourth-order valence-corrected chi connectivity index (χ4v) is 3.97. The Morgan fingerprint density at radius 2 is 1.72 bits per heavy atom. The molecule has 0 atom stereocenters. The van der Waals surface area contributed by atoms with Gasteiger partial charge in [-0.25, -0.2) is 13.2 Å². The number of rotatable bonds is 6. The molecule has 3 aromatic rings. The molecule has 0 aliphatic carbocycles. The quantitative estimate of drug-likeness (QED) is 0.510. The molecule has 8 nitrogen and oxygen atoms in total. The highest BCUT2D eigenvalue weighted by molar-refractivity contribution is 7.91. The van der Waals surface area contributed by atoms with Crippen LogP contribution in [-0.4, -0.2) is 46.5 Å². The monoisotopic (exact) mass is 468 g/mol. The molecule has 0 amide bonds. The standard InChI is InChI=1S/C20H19F3N4O4S/c1-4-31-19(28)13-8-6-12(7-9-13)17-25-26-18(27(17)3)16-15(32(29,30)5-2)10-14(11-24-16)20(21,22)23/h6-11H,4-5H2,1-3H3. The first-order valence-corrected chi connectivity index (χ1v) is 11.1. The average Bonchev–Trinajstić information content (AvgIpc) is 3.14. The van der Waals surface area contributed by atoms with Crippen LogP contribution in [0.1, 0.15) is 29.8 Å². The highest BCUT2D eigenvalue weighted by Gasteiger charge is 2.34. The van der Waals surface area contributed by atoms with E-state index in [1.165, 1.54) is 30.7 Å². The van der Waals surface area contributed by atoms with Crippen molar-refractivity contribution in [1.82, 2.24) is 19.7 Å². The maximum absolute atomic E-state index is 13.1. The molecule has 0 aliphatic rings. The number of esters is 1. The van der Waals surface area contributed by atoms with Gasteiger partial charge in [0.05, 0.1) is 28.4 Å². The van der Waals surface area contributed by atoms with Crippen LogP contribution in [0.25, 0.3) is 22.9 Å². The summed E-state index contributed by atoms with van der Waals surface area (Å²) in [5.74, 6) is -0.614. The predicted octanol–water partition coefficient (Wildman–Crippen LogP) is 3.53. The molecule has 170 valence electrons. The summed E-state index contributed by atoms with van der Waals surface area (Å²) in [5, 5.41) is 8.00. The van der Waals surface area contributed by atoms with Gasteiger partial charge in [-0.3, -0.25) is 4.98 Å². The number of pyridine rings is 1. The van der Waals surface area contributed by atoms with Gasteiger partial charge in [0.1, 0.15) is 5.69 Å². The number of hydrogen-bond donors (Lipinski definition) is 0. The normalized spacial score (nSPS) is 12.1. The van der Waals surface area contributed by atoms with E-state index >= 15 is 0 Å². The van der Waals surface area contributed by atoms with Crippen molar-refractivity contribution >= 4 is 15.8 Å². The predicted molar refractivity (Wildman–Crippen MR) is 108 cm³/mol. The minimum absolute atomic E-state index is 0.0183. The first kappa shape index (κ1) is 23.4. The summed E-state index contributed by atoms with van der Waals surface area (Å²) >= 11 is 0. The first-order chi connectivity index (χ1) is 15.0. The largest absolute Gasteiger partial charge is 0.462 e. The maximum Gasteiger partial charge on any atom is 0.417 e. The molecule has 0 N–H and O–H groups in total. The topological polar surface area (TPSA) is 104 Å². The number of carbonyl (C=O) groups excluding carboxylic acids is 1. The number of nitrogens with zero attached hydrogens (tertiary/aromatic N) is 4. The van der Waals surface area contributed by atoms with Gasteiger partial charge in [0.2, 0.25) is 0 Å². The van der Waals surface area contributed by atoms with Gasteiger partial charge in [-0.15, -0.1) is 10.2 Å². The second-order valence-electron chi connectivity index (χ2n) is 6.68. The van der Waals surface area contributed by atoms with Gasteiger partial charge in [0.25, 0.3) is 0 Å². The third-order valence-electron chi connectivity index (χ3n) is 4.64. The molecule has 0 saturated carbocycles. The molecule has 0 radical (unpaired) electrons. The third-order valence-corrected chi connectivity index (χ3v) is 6.38. The minimum Gasteiger partial charge on any atom is -0.462 e. The highest BCUT2D eigenvalue weighted by Crippen LogP contribution is 2.34. The number of hydrogen-bond acceptors (Lipinski definition) is 7. The van der Waals surface area contributed by atoms with E-state index in [0.29, 0.717) is 29.2 Å². The SMILES string of the molecule is CCOC(=O)c1ccc(-c2nnc(-c3ncc(C(F)(F)F)cc3S(=O)(=O)CC)n2C)cc1. The number of aromatic nitrogens is 4. The second kappa shape index (κ2) is 8.69. The molecule has 0 fully saturated rings. The molecule has 0 unspecified atom stereocenters. The van der Waals surface area contributed by atoms with Gasteiger partial charge in [0, 0.05) is 18.8 Å². The Labute approximate surface area is 182 Å². The number of halogens is 3. The molecule has 32 heavy (non-hydrogen) atoms.